The Bertz CT molecular complexity index is 646. The van der Waals surface area contributed by atoms with Crippen molar-refractivity contribution in [3.63, 3.8) is 0 Å². The fourth-order valence-electron chi connectivity index (χ4n) is 3.47. The first kappa shape index (κ1) is 14.6. The molecular formula is C14H22N4O2S. The summed E-state index contributed by atoms with van der Waals surface area (Å²) in [6, 6.07) is 5.54. The van der Waals surface area contributed by atoms with Crippen LogP contribution in [0.25, 0.3) is 0 Å². The van der Waals surface area contributed by atoms with Gasteiger partial charge in [0.05, 0.1) is 16.3 Å². The zero-order chi connectivity index (χ0) is 15.2. The average molecular weight is 310 g/mol. The topological polar surface area (TPSA) is 92.7 Å². The summed E-state index contributed by atoms with van der Waals surface area (Å²) in [6.07, 6.45) is 2.43. The molecule has 4 N–H and O–H groups in total. The molecule has 7 heteroatoms. The molecule has 116 valence electrons. The third kappa shape index (κ3) is 2.73. The fourth-order valence-corrected chi connectivity index (χ4v) is 4.01. The molecule has 2 saturated heterocycles. The summed E-state index contributed by atoms with van der Waals surface area (Å²) in [5.74, 6) is 0. The lowest BCUT2D eigenvalue weighted by Crippen LogP contribution is -2.55. The molecule has 2 heterocycles. The lowest BCUT2D eigenvalue weighted by atomic mass is 10.1. The molecule has 0 bridgehead atoms. The first-order valence-electron chi connectivity index (χ1n) is 7.29. The number of nitrogen functional groups attached to an aromatic ring is 1. The molecule has 0 aliphatic carbocycles. The quantitative estimate of drug-likeness (QED) is 0.780. The maximum atomic E-state index is 11.6. The molecule has 2 atom stereocenters. The van der Waals surface area contributed by atoms with Crippen molar-refractivity contribution in [3.05, 3.63) is 18.2 Å². The molecule has 6 nitrogen and oxygen atoms in total. The SMILES string of the molecule is CC1CN2CCCC2CN1c1cc(S(N)(=O)=O)ccc1N. The Balaban J connectivity index is 1.95. The third-order valence-corrected chi connectivity index (χ3v) is 5.49. The number of sulfonamides is 1. The van der Waals surface area contributed by atoms with Gasteiger partial charge in [-0.1, -0.05) is 0 Å². The predicted molar refractivity (Wildman–Crippen MR) is 83.6 cm³/mol. The lowest BCUT2D eigenvalue weighted by molar-refractivity contribution is 0.203. The normalized spacial score (nSPS) is 26.9. The minimum Gasteiger partial charge on any atom is -0.397 e. The number of rotatable bonds is 2. The van der Waals surface area contributed by atoms with E-state index in [2.05, 4.69) is 16.7 Å². The predicted octanol–water partition coefficient (Wildman–Crippen LogP) is 0.589. The number of hydrogen-bond acceptors (Lipinski definition) is 5. The Morgan fingerprint density at radius 1 is 1.29 bits per heavy atom. The number of benzene rings is 1. The summed E-state index contributed by atoms with van der Waals surface area (Å²) in [4.78, 5) is 4.85. The monoisotopic (exact) mass is 310 g/mol. The molecule has 2 aliphatic heterocycles. The van der Waals surface area contributed by atoms with Gasteiger partial charge in [-0.15, -0.1) is 0 Å². The highest BCUT2D eigenvalue weighted by atomic mass is 32.2. The van der Waals surface area contributed by atoms with Crippen LogP contribution in [0.2, 0.25) is 0 Å². The summed E-state index contributed by atoms with van der Waals surface area (Å²) in [5, 5.41) is 5.23. The van der Waals surface area contributed by atoms with Crippen molar-refractivity contribution >= 4 is 21.4 Å². The van der Waals surface area contributed by atoms with E-state index in [-0.39, 0.29) is 4.90 Å². The van der Waals surface area contributed by atoms with Crippen LogP contribution in [0.3, 0.4) is 0 Å². The van der Waals surface area contributed by atoms with Gasteiger partial charge in [0.15, 0.2) is 0 Å². The van der Waals surface area contributed by atoms with Gasteiger partial charge in [0.1, 0.15) is 0 Å². The summed E-state index contributed by atoms with van der Waals surface area (Å²) in [5.41, 5.74) is 7.45. The highest BCUT2D eigenvalue weighted by molar-refractivity contribution is 7.89. The molecule has 1 aromatic rings. The maximum Gasteiger partial charge on any atom is 0.238 e. The number of hydrogen-bond donors (Lipinski definition) is 2. The number of nitrogens with two attached hydrogens (primary N) is 2. The van der Waals surface area contributed by atoms with Gasteiger partial charge in [0.25, 0.3) is 0 Å². The summed E-state index contributed by atoms with van der Waals surface area (Å²) in [7, 11) is -3.71. The molecule has 2 unspecified atom stereocenters. The Kier molecular flexibility index (Phi) is 3.59. The molecule has 0 aromatic heterocycles. The Morgan fingerprint density at radius 3 is 2.76 bits per heavy atom. The molecule has 21 heavy (non-hydrogen) atoms. The van der Waals surface area contributed by atoms with Crippen LogP contribution in [0, 0.1) is 0 Å². The smallest absolute Gasteiger partial charge is 0.238 e. The Labute approximate surface area is 125 Å². The van der Waals surface area contributed by atoms with E-state index in [0.717, 1.165) is 25.3 Å². The molecule has 3 rings (SSSR count). The van der Waals surface area contributed by atoms with Crippen molar-refractivity contribution in [3.8, 4) is 0 Å². The van der Waals surface area contributed by atoms with E-state index in [9.17, 15) is 8.42 Å². The van der Waals surface area contributed by atoms with Crippen LogP contribution < -0.4 is 15.8 Å². The van der Waals surface area contributed by atoms with Gasteiger partial charge in [-0.3, -0.25) is 4.90 Å². The molecule has 0 amide bonds. The molecule has 2 fully saturated rings. The second-order valence-electron chi connectivity index (χ2n) is 6.06. The summed E-state index contributed by atoms with van der Waals surface area (Å²) >= 11 is 0. The zero-order valence-electron chi connectivity index (χ0n) is 12.2. The van der Waals surface area contributed by atoms with Gasteiger partial charge < -0.3 is 10.6 Å². The Hall–Kier alpha value is -1.31. The van der Waals surface area contributed by atoms with Crippen molar-refractivity contribution in [2.75, 3.05) is 30.3 Å². The highest BCUT2D eigenvalue weighted by Crippen LogP contribution is 2.33. The largest absolute Gasteiger partial charge is 0.397 e. The van der Waals surface area contributed by atoms with Gasteiger partial charge in [-0.2, -0.15) is 0 Å². The van der Waals surface area contributed by atoms with Crippen molar-refractivity contribution in [2.24, 2.45) is 5.14 Å². The lowest BCUT2D eigenvalue weighted by Gasteiger charge is -2.44. The van der Waals surface area contributed by atoms with E-state index >= 15 is 0 Å². The van der Waals surface area contributed by atoms with E-state index in [1.165, 1.54) is 18.9 Å². The van der Waals surface area contributed by atoms with Crippen LogP contribution >= 0.6 is 0 Å². The molecule has 0 saturated carbocycles. The van der Waals surface area contributed by atoms with E-state index < -0.39 is 10.0 Å². The minimum absolute atomic E-state index is 0.118. The second-order valence-corrected chi connectivity index (χ2v) is 7.62. The zero-order valence-corrected chi connectivity index (χ0v) is 13.0. The molecular weight excluding hydrogens is 288 g/mol. The second kappa shape index (κ2) is 5.15. The fraction of sp³-hybridized carbons (Fsp3) is 0.571. The number of piperazine rings is 1. The van der Waals surface area contributed by atoms with E-state index in [1.54, 1.807) is 12.1 Å². The third-order valence-electron chi connectivity index (χ3n) is 4.58. The van der Waals surface area contributed by atoms with Crippen LogP contribution in [0.15, 0.2) is 23.1 Å². The average Bonchev–Trinajstić information content (AvgIpc) is 2.84. The van der Waals surface area contributed by atoms with Gasteiger partial charge in [0, 0.05) is 25.2 Å². The van der Waals surface area contributed by atoms with Crippen molar-refractivity contribution in [2.45, 2.75) is 36.7 Å². The van der Waals surface area contributed by atoms with Crippen LogP contribution in [0.4, 0.5) is 11.4 Å². The van der Waals surface area contributed by atoms with Crippen molar-refractivity contribution < 1.29 is 8.42 Å². The van der Waals surface area contributed by atoms with Gasteiger partial charge >= 0.3 is 0 Å². The van der Waals surface area contributed by atoms with E-state index in [1.807, 2.05) is 0 Å². The standard InChI is InChI=1S/C14H22N4O2S/c1-10-8-17-6-2-3-11(17)9-18(10)14-7-12(21(16,19)20)4-5-13(14)15/h4-5,7,10-11H,2-3,6,8-9,15H2,1H3,(H2,16,19,20). The van der Waals surface area contributed by atoms with E-state index in [4.69, 9.17) is 10.9 Å². The van der Waals surface area contributed by atoms with Crippen molar-refractivity contribution in [1.29, 1.82) is 0 Å². The minimum atomic E-state index is -3.71. The van der Waals surface area contributed by atoms with Crippen molar-refractivity contribution in [1.82, 2.24) is 4.90 Å². The van der Waals surface area contributed by atoms with Crippen LogP contribution in [0.5, 0.6) is 0 Å². The first-order chi connectivity index (χ1) is 9.86. The number of nitrogens with zero attached hydrogens (tertiary/aromatic N) is 2. The Morgan fingerprint density at radius 2 is 2.05 bits per heavy atom. The number of primary sulfonamides is 1. The molecule has 2 aliphatic rings. The van der Waals surface area contributed by atoms with Gasteiger partial charge in [-0.05, 0) is 44.5 Å². The molecule has 1 aromatic carbocycles. The molecule has 0 spiro atoms. The highest BCUT2D eigenvalue weighted by Gasteiger charge is 2.35. The van der Waals surface area contributed by atoms with Crippen LogP contribution in [0.1, 0.15) is 19.8 Å². The van der Waals surface area contributed by atoms with Gasteiger partial charge in [-0.25, -0.2) is 13.6 Å². The van der Waals surface area contributed by atoms with Crippen LogP contribution in [-0.4, -0.2) is 45.0 Å². The number of fused-ring (bicyclic) bond motifs is 1. The maximum absolute atomic E-state index is 11.6. The summed E-state index contributed by atoms with van der Waals surface area (Å²) in [6.45, 7) is 5.19. The van der Waals surface area contributed by atoms with Gasteiger partial charge in [0.2, 0.25) is 10.0 Å². The first-order valence-corrected chi connectivity index (χ1v) is 8.84. The number of anilines is 2. The summed E-state index contributed by atoms with van der Waals surface area (Å²) < 4.78 is 23.1. The van der Waals surface area contributed by atoms with Crippen LogP contribution in [-0.2, 0) is 10.0 Å². The molecule has 0 radical (unpaired) electrons. The van der Waals surface area contributed by atoms with E-state index in [0.29, 0.717) is 17.8 Å².